The monoisotopic (exact) mass is 223 g/mol. The molecule has 16 heavy (non-hydrogen) atoms. The summed E-state index contributed by atoms with van der Waals surface area (Å²) in [5.41, 5.74) is -0.0730. The maximum atomic E-state index is 11.9. The maximum Gasteiger partial charge on any atom is 0.327 e. The molecule has 88 valence electrons. The first-order chi connectivity index (χ1) is 7.64. The van der Waals surface area contributed by atoms with Crippen molar-refractivity contribution in [1.82, 2.24) is 4.90 Å². The SMILES string of the molecule is O=C(O)C1N(C(=O)C2CC2)CC12CCCC2. The second-order valence-electron chi connectivity index (χ2n) is 5.55. The predicted octanol–water partition coefficient (Wildman–Crippen LogP) is 1.25. The Morgan fingerprint density at radius 3 is 2.31 bits per heavy atom. The summed E-state index contributed by atoms with van der Waals surface area (Å²) in [4.78, 5) is 24.8. The van der Waals surface area contributed by atoms with Gasteiger partial charge in [-0.3, -0.25) is 4.79 Å². The molecule has 1 spiro atoms. The molecule has 1 heterocycles. The van der Waals surface area contributed by atoms with Crippen LogP contribution in [-0.2, 0) is 9.59 Å². The lowest BCUT2D eigenvalue weighted by Crippen LogP contribution is -2.68. The first-order valence-corrected chi connectivity index (χ1v) is 6.17. The number of hydrogen-bond donors (Lipinski definition) is 1. The third kappa shape index (κ3) is 1.28. The Bertz CT molecular complexity index is 342. The van der Waals surface area contributed by atoms with Crippen LogP contribution in [0.5, 0.6) is 0 Å². The van der Waals surface area contributed by atoms with Crippen LogP contribution in [-0.4, -0.2) is 34.5 Å². The molecule has 1 aliphatic heterocycles. The molecule has 1 atom stereocenters. The first kappa shape index (κ1) is 10.1. The summed E-state index contributed by atoms with van der Waals surface area (Å²) in [7, 11) is 0. The number of carbonyl (C=O) groups excluding carboxylic acids is 1. The highest BCUT2D eigenvalue weighted by molar-refractivity contribution is 5.89. The van der Waals surface area contributed by atoms with Gasteiger partial charge in [-0.05, 0) is 25.7 Å². The van der Waals surface area contributed by atoms with Gasteiger partial charge in [-0.1, -0.05) is 12.8 Å². The normalized spacial score (nSPS) is 31.5. The van der Waals surface area contributed by atoms with Gasteiger partial charge in [0.05, 0.1) is 0 Å². The summed E-state index contributed by atoms with van der Waals surface area (Å²) < 4.78 is 0. The van der Waals surface area contributed by atoms with Crippen LogP contribution in [0.25, 0.3) is 0 Å². The number of aliphatic carboxylic acids is 1. The van der Waals surface area contributed by atoms with Crippen molar-refractivity contribution in [3.05, 3.63) is 0 Å². The van der Waals surface area contributed by atoms with E-state index < -0.39 is 12.0 Å². The summed E-state index contributed by atoms with van der Waals surface area (Å²) in [5, 5.41) is 9.29. The Morgan fingerprint density at radius 2 is 1.81 bits per heavy atom. The standard InChI is InChI=1S/C12H17NO3/c14-10(8-3-4-8)13-7-12(5-1-2-6-12)9(13)11(15)16/h8-9H,1-7H2,(H,15,16). The van der Waals surface area contributed by atoms with Crippen molar-refractivity contribution < 1.29 is 14.7 Å². The number of carboxylic acids is 1. The highest BCUT2D eigenvalue weighted by Crippen LogP contribution is 2.52. The molecule has 3 rings (SSSR count). The molecule has 0 bridgehead atoms. The van der Waals surface area contributed by atoms with Crippen molar-refractivity contribution in [2.75, 3.05) is 6.54 Å². The molecule has 0 aromatic heterocycles. The van der Waals surface area contributed by atoms with Crippen molar-refractivity contribution in [2.45, 2.75) is 44.6 Å². The Kier molecular flexibility index (Phi) is 2.03. The van der Waals surface area contributed by atoms with Crippen LogP contribution in [0, 0.1) is 11.3 Å². The minimum atomic E-state index is -0.804. The largest absolute Gasteiger partial charge is 0.480 e. The zero-order valence-corrected chi connectivity index (χ0v) is 9.32. The topological polar surface area (TPSA) is 57.6 Å². The third-order valence-electron chi connectivity index (χ3n) is 4.42. The number of hydrogen-bond acceptors (Lipinski definition) is 2. The zero-order chi connectivity index (χ0) is 11.3. The van der Waals surface area contributed by atoms with E-state index in [4.69, 9.17) is 0 Å². The Hall–Kier alpha value is -1.06. The molecule has 2 aliphatic carbocycles. The molecule has 3 aliphatic rings. The van der Waals surface area contributed by atoms with Crippen molar-refractivity contribution in [3.8, 4) is 0 Å². The molecule has 4 heteroatoms. The molecule has 0 radical (unpaired) electrons. The van der Waals surface area contributed by atoms with Crippen molar-refractivity contribution in [1.29, 1.82) is 0 Å². The van der Waals surface area contributed by atoms with Gasteiger partial charge in [-0.15, -0.1) is 0 Å². The van der Waals surface area contributed by atoms with Gasteiger partial charge in [0.1, 0.15) is 6.04 Å². The van der Waals surface area contributed by atoms with Gasteiger partial charge < -0.3 is 10.0 Å². The number of carboxylic acid groups (broad SMARTS) is 1. The average molecular weight is 223 g/mol. The summed E-state index contributed by atoms with van der Waals surface area (Å²) in [5.74, 6) is -0.576. The van der Waals surface area contributed by atoms with Crippen LogP contribution in [0.4, 0.5) is 0 Å². The van der Waals surface area contributed by atoms with E-state index in [0.29, 0.717) is 6.54 Å². The first-order valence-electron chi connectivity index (χ1n) is 6.17. The van der Waals surface area contributed by atoms with Crippen LogP contribution in [0.1, 0.15) is 38.5 Å². The second kappa shape index (κ2) is 3.22. The smallest absolute Gasteiger partial charge is 0.327 e. The van der Waals surface area contributed by atoms with E-state index in [9.17, 15) is 14.7 Å². The molecule has 1 amide bonds. The minimum absolute atomic E-state index is 0.0730. The van der Waals surface area contributed by atoms with E-state index >= 15 is 0 Å². The fourth-order valence-electron chi connectivity index (χ4n) is 3.41. The summed E-state index contributed by atoms with van der Waals surface area (Å²) in [6.07, 6.45) is 6.12. The van der Waals surface area contributed by atoms with E-state index in [-0.39, 0.29) is 17.2 Å². The Balaban J connectivity index is 1.77. The fourth-order valence-corrected chi connectivity index (χ4v) is 3.41. The number of rotatable bonds is 2. The zero-order valence-electron chi connectivity index (χ0n) is 9.32. The molecule has 1 saturated heterocycles. The van der Waals surface area contributed by atoms with Gasteiger partial charge in [-0.2, -0.15) is 0 Å². The number of carbonyl (C=O) groups is 2. The average Bonchev–Trinajstić information content (AvgIpc) is 2.91. The van der Waals surface area contributed by atoms with Gasteiger partial charge in [0.15, 0.2) is 0 Å². The molecule has 4 nitrogen and oxygen atoms in total. The van der Waals surface area contributed by atoms with Crippen LogP contribution in [0.2, 0.25) is 0 Å². The molecular weight excluding hydrogens is 206 g/mol. The Morgan fingerprint density at radius 1 is 1.19 bits per heavy atom. The van der Waals surface area contributed by atoms with E-state index in [1.54, 1.807) is 4.90 Å². The van der Waals surface area contributed by atoms with E-state index in [2.05, 4.69) is 0 Å². The maximum absolute atomic E-state index is 11.9. The van der Waals surface area contributed by atoms with Crippen LogP contribution < -0.4 is 0 Å². The van der Waals surface area contributed by atoms with E-state index in [1.165, 1.54) is 0 Å². The van der Waals surface area contributed by atoms with E-state index in [0.717, 1.165) is 38.5 Å². The Labute approximate surface area is 94.6 Å². The molecule has 0 aromatic rings. The quantitative estimate of drug-likeness (QED) is 0.766. The highest BCUT2D eigenvalue weighted by Gasteiger charge is 2.60. The molecule has 1 unspecified atom stereocenters. The van der Waals surface area contributed by atoms with Crippen molar-refractivity contribution in [3.63, 3.8) is 0 Å². The third-order valence-corrected chi connectivity index (χ3v) is 4.42. The predicted molar refractivity (Wildman–Crippen MR) is 56.8 cm³/mol. The van der Waals surface area contributed by atoms with Gasteiger partial charge in [0, 0.05) is 17.9 Å². The van der Waals surface area contributed by atoms with Gasteiger partial charge >= 0.3 is 5.97 Å². The van der Waals surface area contributed by atoms with Crippen LogP contribution in [0.15, 0.2) is 0 Å². The van der Waals surface area contributed by atoms with Crippen molar-refractivity contribution in [2.24, 2.45) is 11.3 Å². The van der Waals surface area contributed by atoms with Crippen LogP contribution in [0.3, 0.4) is 0 Å². The molecule has 0 aromatic carbocycles. The lowest BCUT2D eigenvalue weighted by atomic mass is 9.70. The molecule has 2 saturated carbocycles. The lowest BCUT2D eigenvalue weighted by Gasteiger charge is -2.54. The second-order valence-corrected chi connectivity index (χ2v) is 5.55. The number of likely N-dealkylation sites (tertiary alicyclic amines) is 1. The minimum Gasteiger partial charge on any atom is -0.480 e. The number of nitrogens with zero attached hydrogens (tertiary/aromatic N) is 1. The van der Waals surface area contributed by atoms with Crippen LogP contribution >= 0.6 is 0 Å². The molecule has 1 N–H and O–H groups in total. The summed E-state index contributed by atoms with van der Waals surface area (Å²) in [6.45, 7) is 0.694. The van der Waals surface area contributed by atoms with Crippen molar-refractivity contribution >= 4 is 11.9 Å². The fraction of sp³-hybridized carbons (Fsp3) is 0.833. The van der Waals surface area contributed by atoms with Gasteiger partial charge in [-0.25, -0.2) is 4.79 Å². The summed E-state index contributed by atoms with van der Waals surface area (Å²) in [6, 6.07) is -0.525. The summed E-state index contributed by atoms with van der Waals surface area (Å²) >= 11 is 0. The van der Waals surface area contributed by atoms with Gasteiger partial charge in [0.25, 0.3) is 0 Å². The molecule has 3 fully saturated rings. The highest BCUT2D eigenvalue weighted by atomic mass is 16.4. The number of amides is 1. The van der Waals surface area contributed by atoms with Gasteiger partial charge in [0.2, 0.25) is 5.91 Å². The van der Waals surface area contributed by atoms with E-state index in [1.807, 2.05) is 0 Å². The molecular formula is C12H17NO3. The lowest BCUT2D eigenvalue weighted by molar-refractivity contribution is -0.175.